The van der Waals surface area contributed by atoms with Crippen LogP contribution in [0.1, 0.15) is 51.0 Å². The number of nitrogens with one attached hydrogen (secondary N) is 1. The van der Waals surface area contributed by atoms with Crippen molar-refractivity contribution in [1.29, 1.82) is 0 Å². The van der Waals surface area contributed by atoms with E-state index in [1.807, 2.05) is 0 Å². The number of carbonyl (C=O) groups is 2. The molecule has 3 rings (SSSR count). The van der Waals surface area contributed by atoms with E-state index in [-0.39, 0.29) is 24.3 Å². The quantitative estimate of drug-likeness (QED) is 0.117. The molecular weight excluding hydrogens is 612 g/mol. The highest BCUT2D eigenvalue weighted by molar-refractivity contribution is 7.91. The van der Waals surface area contributed by atoms with Gasteiger partial charge >= 0.3 is 12.1 Å². The highest BCUT2D eigenvalue weighted by Gasteiger charge is 2.39. The number of amides is 1. The Labute approximate surface area is 240 Å². The Kier molecular flexibility index (Phi) is 10.5. The molecule has 2 atom stereocenters. The summed E-state index contributed by atoms with van der Waals surface area (Å²) < 4.78 is 115. The van der Waals surface area contributed by atoms with E-state index < -0.39 is 91.6 Å². The fraction of sp³-hybridized carbons (Fsp3) is 0.308. The smallest absolute Gasteiger partial charge is 0.433 e. The molecule has 0 radical (unpaired) electrons. The van der Waals surface area contributed by atoms with Gasteiger partial charge in [-0.15, -0.1) is 0 Å². The first-order chi connectivity index (χ1) is 20.0. The van der Waals surface area contributed by atoms with E-state index in [1.54, 1.807) is 0 Å². The summed E-state index contributed by atoms with van der Waals surface area (Å²) in [5.74, 6) is -6.98. The molecule has 0 bridgehead atoms. The van der Waals surface area contributed by atoms with Crippen molar-refractivity contribution in [3.05, 3.63) is 88.3 Å². The topological polar surface area (TPSA) is 156 Å². The molecule has 10 nitrogen and oxygen atoms in total. The third-order valence-electron chi connectivity index (χ3n) is 6.01. The van der Waals surface area contributed by atoms with Crippen LogP contribution in [-0.2, 0) is 25.5 Å². The normalized spacial score (nSPS) is 13.4. The molecule has 2 unspecified atom stereocenters. The summed E-state index contributed by atoms with van der Waals surface area (Å²) in [6, 6.07) is 2.86. The number of alkyl halides is 3. The number of aromatic nitrogens is 2. The molecule has 0 aliphatic rings. The van der Waals surface area contributed by atoms with Crippen molar-refractivity contribution < 1.29 is 59.3 Å². The van der Waals surface area contributed by atoms with Crippen LogP contribution in [-0.4, -0.2) is 59.9 Å². The maximum atomic E-state index is 14.9. The minimum absolute atomic E-state index is 0.0360. The molecule has 3 aromatic rings. The number of carboxylic acids is 1. The number of rotatable bonds is 12. The van der Waals surface area contributed by atoms with Crippen LogP contribution in [0.4, 0.5) is 26.3 Å². The lowest BCUT2D eigenvalue weighted by molar-refractivity contribution is -0.141. The first-order valence-corrected chi connectivity index (χ1v) is 13.7. The van der Waals surface area contributed by atoms with Gasteiger partial charge in [0.05, 0.1) is 24.0 Å². The van der Waals surface area contributed by atoms with Gasteiger partial charge in [-0.1, -0.05) is 0 Å². The standard InChI is InChI=1S/C26H23F6N3O7S/c1-13-8-19(25(39)35-12-42-7-6-14(36)9-21(37)38)33-11-16(13)24(22-17(27)3-4-18(28)23(22)29)43(40,41)15-2-5-20(34-10-15)26(30,31)32/h2-5,8,10-11,14,24,36H,6-7,9,12H2,1H3,(H,35,39)(H,37,38). The summed E-state index contributed by atoms with van der Waals surface area (Å²) >= 11 is 0. The number of aliphatic hydroxyl groups is 1. The van der Waals surface area contributed by atoms with Gasteiger partial charge in [-0.3, -0.25) is 19.6 Å². The third kappa shape index (κ3) is 8.05. The highest BCUT2D eigenvalue weighted by atomic mass is 32.2. The van der Waals surface area contributed by atoms with Gasteiger partial charge in [0, 0.05) is 18.0 Å². The highest BCUT2D eigenvalue weighted by Crippen LogP contribution is 2.40. The Bertz CT molecular complexity index is 1600. The van der Waals surface area contributed by atoms with Gasteiger partial charge in [0.15, 0.2) is 21.5 Å². The first kappa shape index (κ1) is 33.4. The lowest BCUT2D eigenvalue weighted by atomic mass is 10.00. The maximum absolute atomic E-state index is 14.9. The average Bonchev–Trinajstić information content (AvgIpc) is 2.92. The number of sulfone groups is 1. The van der Waals surface area contributed by atoms with Gasteiger partial charge in [-0.05, 0) is 54.8 Å². The number of ether oxygens (including phenoxy) is 1. The van der Waals surface area contributed by atoms with Crippen LogP contribution in [0.5, 0.6) is 0 Å². The van der Waals surface area contributed by atoms with Gasteiger partial charge in [0.2, 0.25) is 0 Å². The van der Waals surface area contributed by atoms with Crippen molar-refractivity contribution >= 4 is 21.7 Å². The molecule has 3 N–H and O–H groups in total. The maximum Gasteiger partial charge on any atom is 0.433 e. The number of aryl methyl sites for hydroxylation is 1. The van der Waals surface area contributed by atoms with E-state index >= 15 is 0 Å². The van der Waals surface area contributed by atoms with Crippen LogP contribution < -0.4 is 5.32 Å². The van der Waals surface area contributed by atoms with Crippen LogP contribution in [0.3, 0.4) is 0 Å². The van der Waals surface area contributed by atoms with Crippen molar-refractivity contribution in [1.82, 2.24) is 15.3 Å². The fourth-order valence-electron chi connectivity index (χ4n) is 3.88. The van der Waals surface area contributed by atoms with E-state index in [9.17, 15) is 49.5 Å². The molecule has 0 saturated heterocycles. The summed E-state index contributed by atoms with van der Waals surface area (Å²) in [6.07, 6.45) is -5.46. The van der Waals surface area contributed by atoms with Crippen molar-refractivity contribution in [2.24, 2.45) is 0 Å². The fourth-order valence-corrected chi connectivity index (χ4v) is 5.72. The van der Waals surface area contributed by atoms with Crippen molar-refractivity contribution in [2.75, 3.05) is 13.3 Å². The Morgan fingerprint density at radius 3 is 2.30 bits per heavy atom. The molecule has 0 fully saturated rings. The predicted octanol–water partition coefficient (Wildman–Crippen LogP) is 3.71. The molecule has 1 amide bonds. The Balaban J connectivity index is 1.94. The van der Waals surface area contributed by atoms with E-state index in [0.29, 0.717) is 30.5 Å². The summed E-state index contributed by atoms with van der Waals surface area (Å²) in [7, 11) is -5.02. The number of halogens is 6. The van der Waals surface area contributed by atoms with Gasteiger partial charge in [0.25, 0.3) is 5.91 Å². The minimum atomic E-state index is -5.02. The van der Waals surface area contributed by atoms with Gasteiger partial charge in [-0.25, -0.2) is 21.6 Å². The summed E-state index contributed by atoms with van der Waals surface area (Å²) in [6.45, 7) is 0.763. The van der Waals surface area contributed by atoms with Crippen molar-refractivity contribution in [2.45, 2.75) is 42.2 Å². The molecule has 43 heavy (non-hydrogen) atoms. The number of hydrogen-bond acceptors (Lipinski definition) is 8. The molecule has 232 valence electrons. The van der Waals surface area contributed by atoms with E-state index in [2.05, 4.69) is 15.3 Å². The molecule has 0 spiro atoms. The number of carboxylic acid groups (broad SMARTS) is 1. The van der Waals surface area contributed by atoms with Crippen LogP contribution in [0, 0.1) is 24.4 Å². The number of pyridine rings is 2. The third-order valence-corrected chi connectivity index (χ3v) is 8.02. The molecule has 0 aliphatic heterocycles. The SMILES string of the molecule is Cc1cc(C(=O)NCOCCC(O)CC(=O)O)ncc1C(c1c(F)ccc(F)c1F)S(=O)(=O)c1ccc(C(F)(F)F)nc1. The number of carbonyl (C=O) groups excluding carboxylic acids is 1. The van der Waals surface area contributed by atoms with E-state index in [0.717, 1.165) is 12.3 Å². The summed E-state index contributed by atoms with van der Waals surface area (Å²) in [5.41, 5.74) is -3.47. The second kappa shape index (κ2) is 13.5. The second-order valence-corrected chi connectivity index (χ2v) is 11.1. The molecule has 1 aromatic carbocycles. The summed E-state index contributed by atoms with van der Waals surface area (Å²) in [4.78, 5) is 29.1. The monoisotopic (exact) mass is 635 g/mol. The predicted molar refractivity (Wildman–Crippen MR) is 135 cm³/mol. The number of benzene rings is 1. The lowest BCUT2D eigenvalue weighted by Crippen LogP contribution is -2.28. The van der Waals surface area contributed by atoms with E-state index in [1.165, 1.54) is 6.92 Å². The minimum Gasteiger partial charge on any atom is -0.481 e. The number of nitrogens with zero attached hydrogens (tertiary/aromatic N) is 2. The van der Waals surface area contributed by atoms with Crippen LogP contribution in [0.2, 0.25) is 0 Å². The number of aliphatic carboxylic acids is 1. The Morgan fingerprint density at radius 2 is 1.72 bits per heavy atom. The van der Waals surface area contributed by atoms with Gasteiger partial charge in [-0.2, -0.15) is 13.2 Å². The molecule has 0 aliphatic carbocycles. The zero-order valence-corrected chi connectivity index (χ0v) is 22.8. The largest absolute Gasteiger partial charge is 0.481 e. The van der Waals surface area contributed by atoms with Crippen LogP contribution >= 0.6 is 0 Å². The van der Waals surface area contributed by atoms with Crippen molar-refractivity contribution in [3.8, 4) is 0 Å². The summed E-state index contributed by atoms with van der Waals surface area (Å²) in [5, 5.41) is 18.1. The van der Waals surface area contributed by atoms with Crippen LogP contribution in [0.25, 0.3) is 0 Å². The van der Waals surface area contributed by atoms with Crippen molar-refractivity contribution in [3.63, 3.8) is 0 Å². The molecular formula is C26H23F6N3O7S. The second-order valence-electron chi connectivity index (χ2n) is 9.08. The van der Waals surface area contributed by atoms with Gasteiger partial charge in [0.1, 0.15) is 29.2 Å². The molecule has 0 saturated carbocycles. The Morgan fingerprint density at radius 1 is 1.05 bits per heavy atom. The first-order valence-electron chi connectivity index (χ1n) is 12.2. The molecule has 2 aromatic heterocycles. The van der Waals surface area contributed by atoms with E-state index in [4.69, 9.17) is 9.84 Å². The zero-order chi connectivity index (χ0) is 32.1. The number of aliphatic hydroxyl groups excluding tert-OH is 1. The zero-order valence-electron chi connectivity index (χ0n) is 22.0. The average molecular weight is 636 g/mol. The molecule has 2 heterocycles. The Hall–Kier alpha value is -4.09. The number of hydrogen-bond donors (Lipinski definition) is 3. The lowest BCUT2D eigenvalue weighted by Gasteiger charge is -2.22. The van der Waals surface area contributed by atoms with Crippen LogP contribution in [0.15, 0.2) is 47.6 Å². The molecule has 17 heteroatoms. The van der Waals surface area contributed by atoms with Gasteiger partial charge < -0.3 is 20.3 Å².